The highest BCUT2D eigenvalue weighted by molar-refractivity contribution is 5.44. The Morgan fingerprint density at radius 3 is 2.69 bits per heavy atom. The quantitative estimate of drug-likeness (QED) is 0.790. The maximum Gasteiger partial charge on any atom is 0.102 e. The molecule has 0 amide bonds. The van der Waals surface area contributed by atoms with Gasteiger partial charge in [0.2, 0.25) is 0 Å². The fraction of sp³-hybridized carbons (Fsp3) is 0.182. The van der Waals surface area contributed by atoms with Crippen molar-refractivity contribution in [1.29, 1.82) is 0 Å². The van der Waals surface area contributed by atoms with Crippen molar-refractivity contribution in [1.82, 2.24) is 15.0 Å². The molecule has 1 unspecified atom stereocenters. The van der Waals surface area contributed by atoms with Crippen LogP contribution in [0.3, 0.4) is 0 Å². The van der Waals surface area contributed by atoms with Gasteiger partial charge in [0.05, 0.1) is 11.9 Å². The van der Waals surface area contributed by atoms with Crippen molar-refractivity contribution < 1.29 is 5.11 Å². The monoisotopic (exact) mass is 216 g/mol. The molecule has 5 heteroatoms. The van der Waals surface area contributed by atoms with E-state index in [1.807, 2.05) is 0 Å². The van der Waals surface area contributed by atoms with Gasteiger partial charge in [0, 0.05) is 36.9 Å². The molecular formula is C11H12N4O. The van der Waals surface area contributed by atoms with Gasteiger partial charge in [-0.05, 0) is 11.6 Å². The number of anilines is 1. The van der Waals surface area contributed by atoms with E-state index in [2.05, 4.69) is 15.0 Å². The zero-order chi connectivity index (χ0) is 11.4. The number of aliphatic hydroxyl groups is 1. The van der Waals surface area contributed by atoms with E-state index in [1.54, 1.807) is 30.9 Å². The summed E-state index contributed by atoms with van der Waals surface area (Å²) in [6, 6.07) is 1.71. The van der Waals surface area contributed by atoms with E-state index in [0.717, 1.165) is 5.56 Å². The van der Waals surface area contributed by atoms with Crippen LogP contribution < -0.4 is 5.73 Å². The van der Waals surface area contributed by atoms with E-state index in [4.69, 9.17) is 5.73 Å². The standard InChI is InChI=1S/C11H12N4O/c12-9-1-2-13-6-8(9)5-11(16)10-7-14-3-4-15-10/h1-4,6-7,11,16H,5H2,(H2,12,13). The van der Waals surface area contributed by atoms with Crippen molar-refractivity contribution in [2.45, 2.75) is 12.5 Å². The molecule has 0 bridgehead atoms. The smallest absolute Gasteiger partial charge is 0.102 e. The number of hydrogen-bond acceptors (Lipinski definition) is 5. The molecule has 0 fully saturated rings. The maximum absolute atomic E-state index is 9.91. The van der Waals surface area contributed by atoms with E-state index >= 15 is 0 Å². The van der Waals surface area contributed by atoms with Crippen LogP contribution in [0.4, 0.5) is 5.69 Å². The van der Waals surface area contributed by atoms with Gasteiger partial charge >= 0.3 is 0 Å². The molecule has 0 aliphatic heterocycles. The van der Waals surface area contributed by atoms with Gasteiger partial charge in [0.15, 0.2) is 0 Å². The van der Waals surface area contributed by atoms with Crippen LogP contribution in [-0.2, 0) is 6.42 Å². The Hall–Kier alpha value is -2.01. The molecule has 16 heavy (non-hydrogen) atoms. The molecule has 5 nitrogen and oxygen atoms in total. The van der Waals surface area contributed by atoms with Crippen LogP contribution in [0.5, 0.6) is 0 Å². The fourth-order valence-corrected chi connectivity index (χ4v) is 1.40. The van der Waals surface area contributed by atoms with E-state index in [1.165, 1.54) is 6.20 Å². The van der Waals surface area contributed by atoms with Crippen molar-refractivity contribution in [3.8, 4) is 0 Å². The lowest BCUT2D eigenvalue weighted by molar-refractivity contribution is 0.173. The summed E-state index contributed by atoms with van der Waals surface area (Å²) in [6.07, 6.45) is 7.60. The summed E-state index contributed by atoms with van der Waals surface area (Å²) in [6.45, 7) is 0. The zero-order valence-corrected chi connectivity index (χ0v) is 8.61. The van der Waals surface area contributed by atoms with Crippen LogP contribution in [0.2, 0.25) is 0 Å². The second-order valence-electron chi connectivity index (χ2n) is 3.42. The Bertz CT molecular complexity index is 461. The minimum Gasteiger partial charge on any atom is -0.398 e. The number of pyridine rings is 1. The summed E-state index contributed by atoms with van der Waals surface area (Å²) >= 11 is 0. The number of aliphatic hydroxyl groups excluding tert-OH is 1. The summed E-state index contributed by atoms with van der Waals surface area (Å²) < 4.78 is 0. The molecule has 0 aromatic carbocycles. The van der Waals surface area contributed by atoms with Crippen molar-refractivity contribution >= 4 is 5.69 Å². The largest absolute Gasteiger partial charge is 0.398 e. The molecule has 0 radical (unpaired) electrons. The van der Waals surface area contributed by atoms with E-state index in [9.17, 15) is 5.11 Å². The van der Waals surface area contributed by atoms with Gasteiger partial charge in [0.25, 0.3) is 0 Å². The third-order valence-corrected chi connectivity index (χ3v) is 2.28. The molecule has 1 atom stereocenters. The summed E-state index contributed by atoms with van der Waals surface area (Å²) in [4.78, 5) is 11.9. The van der Waals surface area contributed by atoms with Crippen LogP contribution in [-0.4, -0.2) is 20.1 Å². The number of nitrogen functional groups attached to an aromatic ring is 1. The summed E-state index contributed by atoms with van der Waals surface area (Å²) in [5.41, 5.74) is 7.72. The molecular weight excluding hydrogens is 204 g/mol. The van der Waals surface area contributed by atoms with Crippen LogP contribution >= 0.6 is 0 Å². The number of nitrogens with two attached hydrogens (primary N) is 1. The predicted octanol–water partition coefficient (Wildman–Crippen LogP) is 0.730. The molecule has 2 aromatic heterocycles. The molecule has 3 N–H and O–H groups in total. The van der Waals surface area contributed by atoms with Crippen molar-refractivity contribution in [3.63, 3.8) is 0 Å². The average molecular weight is 216 g/mol. The molecule has 2 heterocycles. The van der Waals surface area contributed by atoms with Gasteiger partial charge in [-0.2, -0.15) is 0 Å². The molecule has 0 spiro atoms. The summed E-state index contributed by atoms with van der Waals surface area (Å²) in [5, 5.41) is 9.91. The topological polar surface area (TPSA) is 84.9 Å². The Morgan fingerprint density at radius 1 is 1.19 bits per heavy atom. The number of aromatic nitrogens is 3. The van der Waals surface area contributed by atoms with Crippen LogP contribution in [0.1, 0.15) is 17.4 Å². The Morgan fingerprint density at radius 2 is 2.00 bits per heavy atom. The highest BCUT2D eigenvalue weighted by Crippen LogP contribution is 2.18. The lowest BCUT2D eigenvalue weighted by Crippen LogP contribution is -2.06. The SMILES string of the molecule is Nc1ccncc1CC(O)c1cnccn1. The van der Waals surface area contributed by atoms with Crippen LogP contribution in [0, 0.1) is 0 Å². The lowest BCUT2D eigenvalue weighted by Gasteiger charge is -2.10. The van der Waals surface area contributed by atoms with Crippen LogP contribution in [0.15, 0.2) is 37.1 Å². The van der Waals surface area contributed by atoms with E-state index < -0.39 is 6.10 Å². The minimum atomic E-state index is -0.708. The highest BCUT2D eigenvalue weighted by atomic mass is 16.3. The second kappa shape index (κ2) is 4.67. The van der Waals surface area contributed by atoms with Crippen LogP contribution in [0.25, 0.3) is 0 Å². The van der Waals surface area contributed by atoms with Crippen molar-refractivity contribution in [3.05, 3.63) is 48.3 Å². The van der Waals surface area contributed by atoms with Gasteiger partial charge in [-0.3, -0.25) is 15.0 Å². The van der Waals surface area contributed by atoms with Crippen molar-refractivity contribution in [2.24, 2.45) is 0 Å². The average Bonchev–Trinajstić information content (AvgIpc) is 2.33. The molecule has 0 saturated heterocycles. The minimum absolute atomic E-state index is 0.387. The Balaban J connectivity index is 2.14. The molecule has 0 aliphatic carbocycles. The summed E-state index contributed by atoms with van der Waals surface area (Å²) in [5.74, 6) is 0. The first-order valence-electron chi connectivity index (χ1n) is 4.89. The van der Waals surface area contributed by atoms with E-state index in [-0.39, 0.29) is 0 Å². The molecule has 0 saturated carbocycles. The number of nitrogens with zero attached hydrogens (tertiary/aromatic N) is 3. The molecule has 2 aromatic rings. The first-order chi connectivity index (χ1) is 7.77. The maximum atomic E-state index is 9.91. The highest BCUT2D eigenvalue weighted by Gasteiger charge is 2.11. The third-order valence-electron chi connectivity index (χ3n) is 2.28. The summed E-state index contributed by atoms with van der Waals surface area (Å²) in [7, 11) is 0. The van der Waals surface area contributed by atoms with Gasteiger partial charge in [0.1, 0.15) is 6.10 Å². The predicted molar refractivity (Wildman–Crippen MR) is 59.3 cm³/mol. The Labute approximate surface area is 93.0 Å². The first-order valence-corrected chi connectivity index (χ1v) is 4.89. The normalized spacial score (nSPS) is 12.3. The molecule has 2 rings (SSSR count). The zero-order valence-electron chi connectivity index (χ0n) is 8.61. The van der Waals surface area contributed by atoms with Crippen molar-refractivity contribution in [2.75, 3.05) is 5.73 Å². The van der Waals surface area contributed by atoms with Gasteiger partial charge in [-0.1, -0.05) is 0 Å². The molecule has 82 valence electrons. The fourth-order valence-electron chi connectivity index (χ4n) is 1.40. The van der Waals surface area contributed by atoms with Gasteiger partial charge in [-0.25, -0.2) is 0 Å². The first kappa shape index (κ1) is 10.5. The molecule has 0 aliphatic rings. The third kappa shape index (κ3) is 2.32. The number of rotatable bonds is 3. The second-order valence-corrected chi connectivity index (χ2v) is 3.42. The number of hydrogen-bond donors (Lipinski definition) is 2. The Kier molecular flexibility index (Phi) is 3.07. The van der Waals surface area contributed by atoms with Gasteiger partial charge < -0.3 is 10.8 Å². The lowest BCUT2D eigenvalue weighted by atomic mass is 10.1. The van der Waals surface area contributed by atoms with Gasteiger partial charge in [-0.15, -0.1) is 0 Å². The van der Waals surface area contributed by atoms with E-state index in [0.29, 0.717) is 17.8 Å².